The number of allylic oxidation sites excluding steroid dienone is 1. The predicted molar refractivity (Wildman–Crippen MR) is 118 cm³/mol. The molecule has 0 unspecified atom stereocenters. The van der Waals surface area contributed by atoms with E-state index in [9.17, 15) is 14.7 Å². The van der Waals surface area contributed by atoms with Crippen molar-refractivity contribution in [1.29, 1.82) is 5.26 Å². The van der Waals surface area contributed by atoms with E-state index in [0.717, 1.165) is 0 Å². The summed E-state index contributed by atoms with van der Waals surface area (Å²) in [5.74, 6) is -0.183. The number of amides is 2. The summed E-state index contributed by atoms with van der Waals surface area (Å²) in [7, 11) is 0. The van der Waals surface area contributed by atoms with Crippen LogP contribution in [0.3, 0.4) is 0 Å². The minimum atomic E-state index is -1.60. The number of nitriles is 1. The number of carbonyl (C=O) groups is 2. The number of halogens is 2. The highest BCUT2D eigenvalue weighted by molar-refractivity contribution is 9.11. The van der Waals surface area contributed by atoms with Crippen LogP contribution in [0.2, 0.25) is 0 Å². The second-order valence-corrected chi connectivity index (χ2v) is 7.48. The summed E-state index contributed by atoms with van der Waals surface area (Å²) in [6, 6.07) is 9.40. The van der Waals surface area contributed by atoms with Gasteiger partial charge in [-0.25, -0.2) is 4.79 Å². The highest BCUT2D eigenvalue weighted by Gasteiger charge is 2.15. The Labute approximate surface area is 187 Å². The highest BCUT2D eigenvalue weighted by atomic mass is 79.9. The van der Waals surface area contributed by atoms with Crippen molar-refractivity contribution in [2.45, 2.75) is 6.92 Å². The molecule has 30 heavy (non-hydrogen) atoms. The van der Waals surface area contributed by atoms with Crippen molar-refractivity contribution in [2.24, 2.45) is 5.10 Å². The zero-order chi connectivity index (χ0) is 22.4. The minimum Gasteiger partial charge on any atom is -0.507 e. The van der Waals surface area contributed by atoms with Crippen LogP contribution >= 0.6 is 31.9 Å². The van der Waals surface area contributed by atoms with Crippen molar-refractivity contribution in [2.75, 3.05) is 5.43 Å². The molecular formula is C19H14Br2N4O5. The number of nitrogens with one attached hydrogen (secondary N) is 2. The number of imide groups is 1. The van der Waals surface area contributed by atoms with Crippen molar-refractivity contribution in [1.82, 2.24) is 5.32 Å². The molecule has 0 saturated heterocycles. The first-order valence-electron chi connectivity index (χ1n) is 8.06. The molecule has 4 N–H and O–H groups in total. The molecule has 9 nitrogen and oxygen atoms in total. The number of anilines is 1. The fourth-order valence-corrected chi connectivity index (χ4v) is 3.51. The Morgan fingerprint density at radius 2 is 1.87 bits per heavy atom. The van der Waals surface area contributed by atoms with Gasteiger partial charge in [0.15, 0.2) is 5.75 Å². The largest absolute Gasteiger partial charge is 0.507 e. The molecule has 0 aliphatic carbocycles. The normalized spacial score (nSPS) is 10.7. The average molecular weight is 538 g/mol. The number of phenols is 1. The Bertz CT molecular complexity index is 1090. The molecule has 0 fully saturated rings. The van der Waals surface area contributed by atoms with E-state index in [1.165, 1.54) is 17.5 Å². The topological polar surface area (TPSA) is 144 Å². The lowest BCUT2D eigenvalue weighted by Gasteiger charge is -2.13. The van der Waals surface area contributed by atoms with Crippen LogP contribution in [0.15, 0.2) is 51.0 Å². The number of phenolic OH excluding ortho intramolecular Hbond substituents is 1. The van der Waals surface area contributed by atoms with E-state index in [4.69, 9.17) is 15.1 Å². The summed E-state index contributed by atoms with van der Waals surface area (Å²) < 4.78 is 6.89. The van der Waals surface area contributed by atoms with Crippen LogP contribution in [-0.4, -0.2) is 27.9 Å². The van der Waals surface area contributed by atoms with Crippen LogP contribution in [0.4, 0.5) is 10.5 Å². The summed E-state index contributed by atoms with van der Waals surface area (Å²) >= 11 is 6.74. The van der Waals surface area contributed by atoms with E-state index in [1.54, 1.807) is 31.2 Å². The number of ether oxygens (including phenoxy) is 1. The van der Waals surface area contributed by atoms with Crippen LogP contribution in [0.1, 0.15) is 12.5 Å². The molecule has 0 bridgehead atoms. The van der Waals surface area contributed by atoms with E-state index >= 15 is 0 Å². The molecule has 0 aliphatic heterocycles. The molecule has 2 amide bonds. The number of carboxylic acid groups (broad SMARTS) is 1. The number of hydrogen-bond acceptors (Lipinski definition) is 7. The quantitative estimate of drug-likeness (QED) is 0.305. The molecule has 0 saturated carbocycles. The lowest BCUT2D eigenvalue weighted by molar-refractivity contribution is -0.114. The fraction of sp³-hybridized carbons (Fsp3) is 0.0526. The molecule has 2 rings (SSSR count). The molecule has 11 heteroatoms. The van der Waals surface area contributed by atoms with Gasteiger partial charge in [0.1, 0.15) is 17.6 Å². The number of hydrazone groups is 1. The molecule has 0 spiro atoms. The predicted octanol–water partition coefficient (Wildman–Crippen LogP) is 4.83. The van der Waals surface area contributed by atoms with Gasteiger partial charge in [0.25, 0.3) is 5.91 Å². The van der Waals surface area contributed by atoms with Gasteiger partial charge in [0, 0.05) is 5.56 Å². The van der Waals surface area contributed by atoms with E-state index in [1.807, 2.05) is 0 Å². The van der Waals surface area contributed by atoms with Crippen molar-refractivity contribution in [3.63, 3.8) is 0 Å². The van der Waals surface area contributed by atoms with E-state index in [0.29, 0.717) is 37.3 Å². The second kappa shape index (κ2) is 9.91. The summed E-state index contributed by atoms with van der Waals surface area (Å²) in [6.45, 7) is 5.57. The maximum atomic E-state index is 11.5. The molecule has 0 radical (unpaired) electrons. The van der Waals surface area contributed by atoms with Gasteiger partial charge in [-0.1, -0.05) is 6.58 Å². The molecule has 154 valence electrons. The van der Waals surface area contributed by atoms with Gasteiger partial charge in [-0.3, -0.25) is 15.5 Å². The third-order valence-electron chi connectivity index (χ3n) is 3.48. The number of nitrogens with zero attached hydrogens (tertiary/aromatic N) is 2. The summed E-state index contributed by atoms with van der Waals surface area (Å²) in [6.07, 6.45) is -1.60. The Kier molecular flexibility index (Phi) is 7.57. The molecule has 0 atom stereocenters. The van der Waals surface area contributed by atoms with Crippen LogP contribution in [-0.2, 0) is 4.79 Å². The van der Waals surface area contributed by atoms with Crippen LogP contribution in [0.5, 0.6) is 17.2 Å². The number of rotatable bonds is 6. The highest BCUT2D eigenvalue weighted by Crippen LogP contribution is 2.40. The van der Waals surface area contributed by atoms with Gasteiger partial charge in [0.05, 0.1) is 14.6 Å². The molecule has 0 aromatic heterocycles. The van der Waals surface area contributed by atoms with Gasteiger partial charge < -0.3 is 14.9 Å². The third kappa shape index (κ3) is 5.82. The smallest absolute Gasteiger partial charge is 0.411 e. The minimum absolute atomic E-state index is 0.0885. The van der Waals surface area contributed by atoms with E-state index in [-0.39, 0.29) is 5.75 Å². The Morgan fingerprint density at radius 1 is 1.23 bits per heavy atom. The molecule has 0 aliphatic rings. The number of hydrogen-bond donors (Lipinski definition) is 4. The molecule has 0 heterocycles. The summed E-state index contributed by atoms with van der Waals surface area (Å²) in [5.41, 5.74) is 3.45. The number of aromatic hydroxyl groups is 1. The second-order valence-electron chi connectivity index (χ2n) is 5.77. The van der Waals surface area contributed by atoms with Crippen molar-refractivity contribution in [3.8, 4) is 23.3 Å². The first kappa shape index (κ1) is 22.9. The molecular weight excluding hydrogens is 524 g/mol. The third-order valence-corrected chi connectivity index (χ3v) is 4.66. The Morgan fingerprint density at radius 3 is 2.40 bits per heavy atom. The van der Waals surface area contributed by atoms with Crippen molar-refractivity contribution >= 4 is 60.8 Å². The Balaban J connectivity index is 2.26. The van der Waals surface area contributed by atoms with Gasteiger partial charge in [0.2, 0.25) is 5.71 Å². The SMILES string of the molecule is C=C(C)c1cc(Oc2c(Br)cc(NN=C(C#N)C(=O)NC(=O)O)cc2Br)ccc1O. The zero-order valence-electron chi connectivity index (χ0n) is 15.4. The average Bonchev–Trinajstić information content (AvgIpc) is 2.65. The molecule has 2 aromatic rings. The van der Waals surface area contributed by atoms with Gasteiger partial charge in [-0.2, -0.15) is 10.4 Å². The number of carbonyl (C=O) groups excluding carboxylic acids is 1. The Hall–Kier alpha value is -3.36. The summed E-state index contributed by atoms with van der Waals surface area (Å²) in [4.78, 5) is 22.0. The first-order chi connectivity index (χ1) is 14.1. The summed E-state index contributed by atoms with van der Waals surface area (Å²) in [5, 5.41) is 32.5. The first-order valence-corrected chi connectivity index (χ1v) is 9.64. The van der Waals surface area contributed by atoms with Crippen LogP contribution in [0.25, 0.3) is 5.57 Å². The van der Waals surface area contributed by atoms with Crippen LogP contribution in [0, 0.1) is 11.3 Å². The lowest BCUT2D eigenvalue weighted by atomic mass is 10.1. The fourth-order valence-electron chi connectivity index (χ4n) is 2.16. The van der Waals surface area contributed by atoms with Crippen LogP contribution < -0.4 is 15.5 Å². The van der Waals surface area contributed by atoms with Gasteiger partial charge in [-0.15, -0.1) is 0 Å². The number of benzene rings is 2. The monoisotopic (exact) mass is 536 g/mol. The van der Waals surface area contributed by atoms with E-state index in [2.05, 4.69) is 49.0 Å². The maximum absolute atomic E-state index is 11.5. The van der Waals surface area contributed by atoms with Gasteiger partial charge >= 0.3 is 6.09 Å². The lowest BCUT2D eigenvalue weighted by Crippen LogP contribution is -2.34. The zero-order valence-corrected chi connectivity index (χ0v) is 18.5. The maximum Gasteiger partial charge on any atom is 0.411 e. The van der Waals surface area contributed by atoms with Crippen molar-refractivity contribution < 1.29 is 24.5 Å². The van der Waals surface area contributed by atoms with E-state index < -0.39 is 17.7 Å². The van der Waals surface area contributed by atoms with Gasteiger partial charge in [-0.05, 0) is 74.7 Å². The molecule has 2 aromatic carbocycles. The standard InChI is InChI=1S/C19H14Br2N4O5/c1-9(2)12-7-11(3-4-16(12)26)30-17-13(20)5-10(6-14(17)21)24-25-15(8-22)18(27)23-19(28)29/h3-7,24,26H,1H2,2H3,(H,23,27)(H,28,29). The van der Waals surface area contributed by atoms with Crippen molar-refractivity contribution in [3.05, 3.63) is 51.4 Å².